The van der Waals surface area contributed by atoms with E-state index >= 15 is 0 Å². The first-order valence-corrected chi connectivity index (χ1v) is 5.03. The van der Waals surface area contributed by atoms with Crippen molar-refractivity contribution in [2.75, 3.05) is 7.05 Å². The molecule has 0 aromatic rings. The maximum Gasteiger partial charge on any atom is 0.0276 e. The van der Waals surface area contributed by atoms with Gasteiger partial charge in [0.05, 0.1) is 0 Å². The Morgan fingerprint density at radius 2 is 1.62 bits per heavy atom. The normalized spacial score (nSPS) is 15.2. The Morgan fingerprint density at radius 3 is 1.69 bits per heavy atom. The maximum atomic E-state index is 4.39. The number of rotatable bonds is 4. The molecule has 76 valence electrons. The van der Waals surface area contributed by atoms with E-state index in [1.807, 2.05) is 7.05 Å². The van der Waals surface area contributed by atoms with Crippen LogP contribution in [0.25, 0.3) is 0 Å². The van der Waals surface area contributed by atoms with Crippen LogP contribution in [0.15, 0.2) is 17.1 Å². The summed E-state index contributed by atoms with van der Waals surface area (Å²) in [6.45, 7) is 15.0. The first-order chi connectivity index (χ1) is 5.91. The van der Waals surface area contributed by atoms with Crippen LogP contribution in [0, 0.1) is 17.8 Å². The van der Waals surface area contributed by atoms with Gasteiger partial charge in [0.1, 0.15) is 0 Å². The van der Waals surface area contributed by atoms with Gasteiger partial charge in [0.2, 0.25) is 0 Å². The van der Waals surface area contributed by atoms with Gasteiger partial charge >= 0.3 is 0 Å². The standard InChI is InChI=1S/C12H23N/c1-8(2)11(9(3)4)12(13-7)10(5)6/h9-11H,1H2,2-7H3/b13-12-. The predicted molar refractivity (Wildman–Crippen MR) is 61.3 cm³/mol. The lowest BCUT2D eigenvalue weighted by atomic mass is 9.81. The Labute approximate surface area is 83.0 Å². The highest BCUT2D eigenvalue weighted by Crippen LogP contribution is 2.24. The number of aliphatic imine (C=N–C) groups is 1. The molecule has 0 fully saturated rings. The summed E-state index contributed by atoms with van der Waals surface area (Å²) >= 11 is 0. The molecule has 1 heteroatoms. The van der Waals surface area contributed by atoms with Crippen LogP contribution in [0.4, 0.5) is 0 Å². The van der Waals surface area contributed by atoms with Crippen molar-refractivity contribution in [2.45, 2.75) is 34.6 Å². The van der Waals surface area contributed by atoms with E-state index in [0.717, 1.165) is 0 Å². The third-order valence-corrected chi connectivity index (χ3v) is 2.37. The molecule has 0 rings (SSSR count). The van der Waals surface area contributed by atoms with Crippen LogP contribution in [-0.4, -0.2) is 12.8 Å². The molecule has 0 spiro atoms. The van der Waals surface area contributed by atoms with E-state index in [-0.39, 0.29) is 0 Å². The van der Waals surface area contributed by atoms with Gasteiger partial charge in [-0.2, -0.15) is 0 Å². The Kier molecular flexibility index (Phi) is 4.97. The van der Waals surface area contributed by atoms with Gasteiger partial charge in [0, 0.05) is 18.7 Å². The van der Waals surface area contributed by atoms with Crippen LogP contribution in [-0.2, 0) is 0 Å². The van der Waals surface area contributed by atoms with Gasteiger partial charge in [-0.1, -0.05) is 39.8 Å². The third-order valence-electron chi connectivity index (χ3n) is 2.37. The molecule has 0 aliphatic carbocycles. The fourth-order valence-electron chi connectivity index (χ4n) is 1.92. The Bertz CT molecular complexity index is 199. The molecule has 0 N–H and O–H groups in total. The molecule has 1 nitrogen and oxygen atoms in total. The fourth-order valence-corrected chi connectivity index (χ4v) is 1.92. The minimum atomic E-state index is 0.449. The predicted octanol–water partition coefficient (Wildman–Crippen LogP) is 3.56. The smallest absolute Gasteiger partial charge is 0.0276 e. The molecule has 0 saturated heterocycles. The van der Waals surface area contributed by atoms with E-state index in [0.29, 0.717) is 17.8 Å². The van der Waals surface area contributed by atoms with E-state index in [9.17, 15) is 0 Å². The van der Waals surface area contributed by atoms with E-state index in [1.165, 1.54) is 11.3 Å². The average Bonchev–Trinajstić information content (AvgIpc) is 1.97. The van der Waals surface area contributed by atoms with Gasteiger partial charge in [-0.3, -0.25) is 4.99 Å². The minimum Gasteiger partial charge on any atom is -0.297 e. The van der Waals surface area contributed by atoms with Crippen LogP contribution >= 0.6 is 0 Å². The van der Waals surface area contributed by atoms with Crippen molar-refractivity contribution < 1.29 is 0 Å². The molecular weight excluding hydrogens is 158 g/mol. The highest BCUT2D eigenvalue weighted by molar-refractivity contribution is 5.90. The fraction of sp³-hybridized carbons (Fsp3) is 0.750. The first-order valence-electron chi connectivity index (χ1n) is 5.03. The third kappa shape index (κ3) is 3.33. The number of hydrogen-bond donors (Lipinski definition) is 0. The second kappa shape index (κ2) is 5.21. The molecule has 0 aliphatic heterocycles. The average molecular weight is 181 g/mol. The van der Waals surface area contributed by atoms with Crippen molar-refractivity contribution in [1.82, 2.24) is 0 Å². The van der Waals surface area contributed by atoms with Crippen molar-refractivity contribution in [3.05, 3.63) is 12.2 Å². The quantitative estimate of drug-likeness (QED) is 0.464. The SMILES string of the molecule is C=C(C)C(/C(=N\C)C(C)C)C(C)C. The lowest BCUT2D eigenvalue weighted by Crippen LogP contribution is -2.25. The summed E-state index contributed by atoms with van der Waals surface area (Å²) in [4.78, 5) is 4.39. The zero-order chi connectivity index (χ0) is 10.6. The Balaban J connectivity index is 4.82. The lowest BCUT2D eigenvalue weighted by Gasteiger charge is -2.25. The van der Waals surface area contributed by atoms with Gasteiger partial charge < -0.3 is 0 Å². The molecule has 0 radical (unpaired) electrons. The second-order valence-electron chi connectivity index (χ2n) is 4.37. The summed E-state index contributed by atoms with van der Waals surface area (Å²) in [5.74, 6) is 1.57. The minimum absolute atomic E-state index is 0.449. The summed E-state index contributed by atoms with van der Waals surface area (Å²) in [6, 6.07) is 0. The molecule has 1 unspecified atom stereocenters. The highest BCUT2D eigenvalue weighted by atomic mass is 14.7. The Hall–Kier alpha value is -0.590. The summed E-state index contributed by atoms with van der Waals surface area (Å²) in [6.07, 6.45) is 0. The summed E-state index contributed by atoms with van der Waals surface area (Å²) in [7, 11) is 1.88. The van der Waals surface area contributed by atoms with Crippen molar-refractivity contribution in [2.24, 2.45) is 22.7 Å². The molecule has 0 saturated carbocycles. The van der Waals surface area contributed by atoms with Crippen LogP contribution in [0.3, 0.4) is 0 Å². The maximum absolute atomic E-state index is 4.39. The van der Waals surface area contributed by atoms with Crippen molar-refractivity contribution >= 4 is 5.71 Å². The van der Waals surface area contributed by atoms with Crippen molar-refractivity contribution in [3.8, 4) is 0 Å². The lowest BCUT2D eigenvalue weighted by molar-refractivity contribution is 0.535. The molecule has 0 aromatic carbocycles. The molecule has 1 atom stereocenters. The van der Waals surface area contributed by atoms with Crippen LogP contribution in [0.1, 0.15) is 34.6 Å². The van der Waals surface area contributed by atoms with Gasteiger partial charge in [-0.05, 0) is 18.8 Å². The molecule has 0 aromatic heterocycles. The van der Waals surface area contributed by atoms with Gasteiger partial charge in [0.15, 0.2) is 0 Å². The molecule has 0 bridgehead atoms. The van der Waals surface area contributed by atoms with E-state index in [2.05, 4.69) is 46.2 Å². The molecular formula is C12H23N. The highest BCUT2D eigenvalue weighted by Gasteiger charge is 2.22. The summed E-state index contributed by atoms with van der Waals surface area (Å²) < 4.78 is 0. The Morgan fingerprint density at radius 1 is 1.15 bits per heavy atom. The summed E-state index contributed by atoms with van der Waals surface area (Å²) in [5.41, 5.74) is 2.51. The zero-order valence-electron chi connectivity index (χ0n) is 9.89. The van der Waals surface area contributed by atoms with Crippen LogP contribution in [0.2, 0.25) is 0 Å². The molecule has 0 amide bonds. The zero-order valence-corrected chi connectivity index (χ0v) is 9.89. The first kappa shape index (κ1) is 12.4. The van der Waals surface area contributed by atoms with Gasteiger partial charge in [-0.15, -0.1) is 0 Å². The van der Waals surface area contributed by atoms with Gasteiger partial charge in [0.25, 0.3) is 0 Å². The van der Waals surface area contributed by atoms with Crippen molar-refractivity contribution in [3.63, 3.8) is 0 Å². The topological polar surface area (TPSA) is 12.4 Å². The summed E-state index contributed by atoms with van der Waals surface area (Å²) in [5, 5.41) is 0. The van der Waals surface area contributed by atoms with Crippen LogP contribution < -0.4 is 0 Å². The molecule has 0 aliphatic rings. The monoisotopic (exact) mass is 181 g/mol. The van der Waals surface area contributed by atoms with E-state index in [4.69, 9.17) is 0 Å². The molecule has 0 heterocycles. The van der Waals surface area contributed by atoms with Crippen LogP contribution in [0.5, 0.6) is 0 Å². The number of allylic oxidation sites excluding steroid dienone is 1. The van der Waals surface area contributed by atoms with Gasteiger partial charge in [-0.25, -0.2) is 0 Å². The van der Waals surface area contributed by atoms with Crippen molar-refractivity contribution in [1.29, 1.82) is 0 Å². The second-order valence-corrected chi connectivity index (χ2v) is 4.37. The number of nitrogens with zero attached hydrogens (tertiary/aromatic N) is 1. The largest absolute Gasteiger partial charge is 0.297 e. The van der Waals surface area contributed by atoms with E-state index < -0.39 is 0 Å². The number of hydrogen-bond acceptors (Lipinski definition) is 1. The molecule has 13 heavy (non-hydrogen) atoms. The van der Waals surface area contributed by atoms with E-state index in [1.54, 1.807) is 0 Å².